The first-order valence-electron chi connectivity index (χ1n) is 9.38. The molecule has 1 N–H and O–H groups in total. The van der Waals surface area contributed by atoms with Crippen LogP contribution in [0.5, 0.6) is 11.5 Å². The van der Waals surface area contributed by atoms with Gasteiger partial charge in [0.1, 0.15) is 13.2 Å². The molecule has 2 aromatic rings. The highest BCUT2D eigenvalue weighted by Gasteiger charge is 2.36. The lowest BCUT2D eigenvalue weighted by Crippen LogP contribution is -2.30. The van der Waals surface area contributed by atoms with Crippen LogP contribution in [0.4, 0.5) is 11.4 Å². The Kier molecular flexibility index (Phi) is 3.97. The molecule has 8 heteroatoms. The Hall–Kier alpha value is -2.74. The minimum absolute atomic E-state index is 0.145. The highest BCUT2D eigenvalue weighted by Crippen LogP contribution is 2.38. The number of nitrogens with zero attached hydrogens (tertiary/aromatic N) is 1. The quantitative estimate of drug-likeness (QED) is 0.853. The van der Waals surface area contributed by atoms with Crippen LogP contribution in [0.2, 0.25) is 0 Å². The molecule has 0 unspecified atom stereocenters. The van der Waals surface area contributed by atoms with Crippen LogP contribution in [0, 0.1) is 5.92 Å². The molecule has 2 aromatic carbocycles. The molecule has 5 rings (SSSR count). The van der Waals surface area contributed by atoms with Crippen LogP contribution < -0.4 is 19.1 Å². The number of hydrogen-bond donors (Lipinski definition) is 1. The van der Waals surface area contributed by atoms with Gasteiger partial charge in [0, 0.05) is 24.2 Å². The molecule has 3 aliphatic rings. The summed E-state index contributed by atoms with van der Waals surface area (Å²) in [5.41, 5.74) is 2.13. The van der Waals surface area contributed by atoms with Gasteiger partial charge in [0.2, 0.25) is 5.91 Å². The summed E-state index contributed by atoms with van der Waals surface area (Å²) in [5, 5.41) is 0. The van der Waals surface area contributed by atoms with E-state index in [0.717, 1.165) is 24.1 Å². The fourth-order valence-electron chi connectivity index (χ4n) is 3.65. The van der Waals surface area contributed by atoms with Gasteiger partial charge in [0.15, 0.2) is 11.5 Å². The number of benzene rings is 2. The normalized spacial score (nSPS) is 17.9. The van der Waals surface area contributed by atoms with Gasteiger partial charge in [-0.1, -0.05) is 0 Å². The minimum atomic E-state index is -3.75. The first kappa shape index (κ1) is 17.4. The van der Waals surface area contributed by atoms with Crippen molar-refractivity contribution in [2.45, 2.75) is 24.2 Å². The maximum Gasteiger partial charge on any atom is 0.261 e. The Morgan fingerprint density at radius 2 is 1.82 bits per heavy atom. The lowest BCUT2D eigenvalue weighted by Gasteiger charge is -2.19. The standard InChI is InChI=1S/C20H20N2O5S/c23-20(13-1-2-13)22-8-7-14-11-16(4-5-17(14)22)28(24,25)21-15-3-6-18-19(12-15)27-10-9-26-18/h3-6,11-13,21H,1-2,7-10H2. The van der Waals surface area contributed by atoms with E-state index in [9.17, 15) is 13.2 Å². The zero-order chi connectivity index (χ0) is 19.3. The number of nitrogens with one attached hydrogen (secondary N) is 1. The van der Waals surface area contributed by atoms with Crippen molar-refractivity contribution in [2.24, 2.45) is 5.92 Å². The molecule has 0 atom stereocenters. The van der Waals surface area contributed by atoms with Gasteiger partial charge in [-0.25, -0.2) is 8.42 Å². The molecule has 0 bridgehead atoms. The Morgan fingerprint density at radius 1 is 1.04 bits per heavy atom. The third-order valence-corrected chi connectivity index (χ3v) is 6.62. The molecule has 28 heavy (non-hydrogen) atoms. The molecule has 0 aromatic heterocycles. The molecule has 0 spiro atoms. The lowest BCUT2D eigenvalue weighted by molar-refractivity contribution is -0.119. The molecule has 1 aliphatic carbocycles. The second-order valence-corrected chi connectivity index (χ2v) is 8.95. The summed E-state index contributed by atoms with van der Waals surface area (Å²) in [4.78, 5) is 14.4. The second kappa shape index (κ2) is 6.41. The lowest BCUT2D eigenvalue weighted by atomic mass is 10.2. The van der Waals surface area contributed by atoms with E-state index >= 15 is 0 Å². The number of rotatable bonds is 4. The minimum Gasteiger partial charge on any atom is -0.486 e. The number of sulfonamides is 1. The van der Waals surface area contributed by atoms with E-state index in [0.29, 0.717) is 43.4 Å². The van der Waals surface area contributed by atoms with Crippen molar-refractivity contribution in [3.8, 4) is 11.5 Å². The molecule has 2 aliphatic heterocycles. The first-order valence-corrected chi connectivity index (χ1v) is 10.9. The zero-order valence-corrected chi connectivity index (χ0v) is 16.0. The summed E-state index contributed by atoms with van der Waals surface area (Å²) in [6.07, 6.45) is 2.58. The Balaban J connectivity index is 1.39. The van der Waals surface area contributed by atoms with Gasteiger partial charge in [-0.2, -0.15) is 0 Å². The fourth-order valence-corrected chi connectivity index (χ4v) is 4.75. The van der Waals surface area contributed by atoms with Gasteiger partial charge >= 0.3 is 0 Å². The topological polar surface area (TPSA) is 84.9 Å². The van der Waals surface area contributed by atoms with E-state index in [-0.39, 0.29) is 16.7 Å². The van der Waals surface area contributed by atoms with Crippen molar-refractivity contribution in [3.63, 3.8) is 0 Å². The predicted molar refractivity (Wildman–Crippen MR) is 103 cm³/mol. The maximum absolute atomic E-state index is 12.8. The van der Waals surface area contributed by atoms with E-state index in [4.69, 9.17) is 9.47 Å². The highest BCUT2D eigenvalue weighted by molar-refractivity contribution is 7.92. The van der Waals surface area contributed by atoms with Crippen molar-refractivity contribution in [1.82, 2.24) is 0 Å². The van der Waals surface area contributed by atoms with Crippen molar-refractivity contribution < 1.29 is 22.7 Å². The van der Waals surface area contributed by atoms with Crippen molar-refractivity contribution in [1.29, 1.82) is 0 Å². The van der Waals surface area contributed by atoms with E-state index in [1.54, 1.807) is 41.3 Å². The summed E-state index contributed by atoms with van der Waals surface area (Å²) in [5.74, 6) is 1.43. The number of amides is 1. The Morgan fingerprint density at radius 3 is 2.61 bits per heavy atom. The molecule has 2 heterocycles. The van der Waals surface area contributed by atoms with Crippen LogP contribution in [0.25, 0.3) is 0 Å². The number of anilines is 2. The third kappa shape index (κ3) is 3.07. The molecular formula is C20H20N2O5S. The average molecular weight is 400 g/mol. The van der Waals surface area contributed by atoms with Crippen LogP contribution >= 0.6 is 0 Å². The van der Waals surface area contributed by atoms with E-state index < -0.39 is 10.0 Å². The molecule has 7 nitrogen and oxygen atoms in total. The third-order valence-electron chi connectivity index (χ3n) is 5.24. The molecular weight excluding hydrogens is 380 g/mol. The number of carbonyl (C=O) groups is 1. The van der Waals surface area contributed by atoms with Gasteiger partial charge in [-0.05, 0) is 55.2 Å². The number of carbonyl (C=O) groups excluding carboxylic acids is 1. The van der Waals surface area contributed by atoms with Crippen molar-refractivity contribution in [2.75, 3.05) is 29.4 Å². The summed E-state index contributed by atoms with van der Waals surface area (Å²) >= 11 is 0. The molecule has 1 saturated carbocycles. The Labute approximate surface area is 163 Å². The number of fused-ring (bicyclic) bond motifs is 2. The summed E-state index contributed by atoms with van der Waals surface area (Å²) in [6, 6.07) is 9.91. The number of hydrogen-bond acceptors (Lipinski definition) is 5. The summed E-state index contributed by atoms with van der Waals surface area (Å²) in [6.45, 7) is 1.53. The molecule has 146 valence electrons. The maximum atomic E-state index is 12.8. The van der Waals surface area contributed by atoms with Gasteiger partial charge in [0.25, 0.3) is 10.0 Å². The predicted octanol–water partition coefficient (Wildman–Crippen LogP) is 2.56. The molecule has 0 saturated heterocycles. The monoisotopic (exact) mass is 400 g/mol. The van der Waals surface area contributed by atoms with Gasteiger partial charge < -0.3 is 14.4 Å². The van der Waals surface area contributed by atoms with Crippen LogP contribution in [-0.2, 0) is 21.2 Å². The van der Waals surface area contributed by atoms with Gasteiger partial charge in [-0.15, -0.1) is 0 Å². The second-order valence-electron chi connectivity index (χ2n) is 7.27. The van der Waals surface area contributed by atoms with Crippen LogP contribution in [-0.4, -0.2) is 34.1 Å². The zero-order valence-electron chi connectivity index (χ0n) is 15.2. The van der Waals surface area contributed by atoms with Crippen molar-refractivity contribution >= 4 is 27.3 Å². The average Bonchev–Trinajstić information content (AvgIpc) is 3.46. The fraction of sp³-hybridized carbons (Fsp3) is 0.350. The summed E-state index contributed by atoms with van der Waals surface area (Å²) < 4.78 is 39.2. The Bertz CT molecular complexity index is 1060. The van der Waals surface area contributed by atoms with E-state index in [1.807, 2.05) is 0 Å². The van der Waals surface area contributed by atoms with Crippen LogP contribution in [0.15, 0.2) is 41.3 Å². The van der Waals surface area contributed by atoms with Crippen molar-refractivity contribution in [3.05, 3.63) is 42.0 Å². The van der Waals surface area contributed by atoms with Crippen LogP contribution in [0.3, 0.4) is 0 Å². The number of ether oxygens (including phenoxy) is 2. The smallest absolute Gasteiger partial charge is 0.261 e. The first-order chi connectivity index (χ1) is 13.5. The van der Waals surface area contributed by atoms with Gasteiger partial charge in [-0.3, -0.25) is 9.52 Å². The summed E-state index contributed by atoms with van der Waals surface area (Å²) in [7, 11) is -3.75. The van der Waals surface area contributed by atoms with E-state index in [1.165, 1.54) is 0 Å². The highest BCUT2D eigenvalue weighted by atomic mass is 32.2. The SMILES string of the molecule is O=C(C1CC1)N1CCc2cc(S(=O)(=O)Nc3ccc4c(c3)OCCO4)ccc21. The molecule has 0 radical (unpaired) electrons. The largest absolute Gasteiger partial charge is 0.486 e. The van der Waals surface area contributed by atoms with E-state index in [2.05, 4.69) is 4.72 Å². The van der Waals surface area contributed by atoms with Crippen LogP contribution in [0.1, 0.15) is 18.4 Å². The molecule has 1 fully saturated rings. The molecule has 1 amide bonds. The van der Waals surface area contributed by atoms with Gasteiger partial charge in [0.05, 0.1) is 10.6 Å².